The maximum absolute atomic E-state index is 10.5. The van der Waals surface area contributed by atoms with Gasteiger partial charge in [0.05, 0.1) is 6.61 Å². The Balaban J connectivity index is 2.62. The van der Waals surface area contributed by atoms with Crippen LogP contribution < -0.4 is 0 Å². The van der Waals surface area contributed by atoms with Crippen molar-refractivity contribution in [2.75, 3.05) is 13.7 Å². The van der Waals surface area contributed by atoms with Crippen molar-refractivity contribution in [1.29, 1.82) is 0 Å². The number of hydrogen-bond acceptors (Lipinski definition) is 5. The lowest BCUT2D eigenvalue weighted by atomic mass is 10.2. The van der Waals surface area contributed by atoms with E-state index in [9.17, 15) is 9.90 Å². The van der Waals surface area contributed by atoms with Gasteiger partial charge in [-0.1, -0.05) is 0 Å². The summed E-state index contributed by atoms with van der Waals surface area (Å²) < 4.78 is 6.75. The van der Waals surface area contributed by atoms with Crippen LogP contribution >= 0.6 is 0 Å². The van der Waals surface area contributed by atoms with Crippen molar-refractivity contribution < 1.29 is 19.7 Å². The molecule has 17 heavy (non-hydrogen) atoms. The molecule has 1 atom stereocenters. The van der Waals surface area contributed by atoms with Gasteiger partial charge >= 0.3 is 5.97 Å². The molecule has 96 valence electrons. The highest BCUT2D eigenvalue weighted by atomic mass is 16.5. The maximum Gasteiger partial charge on any atom is 0.332 e. The Morgan fingerprint density at radius 2 is 2.24 bits per heavy atom. The van der Waals surface area contributed by atoms with Gasteiger partial charge in [0, 0.05) is 26.5 Å². The predicted molar refractivity (Wildman–Crippen MR) is 58.6 cm³/mol. The number of rotatable bonds is 7. The number of hydrogen-bond donors (Lipinski definition) is 2. The Labute approximate surface area is 99.0 Å². The van der Waals surface area contributed by atoms with Gasteiger partial charge in [-0.25, -0.2) is 4.79 Å². The van der Waals surface area contributed by atoms with E-state index in [0.717, 1.165) is 5.82 Å². The summed E-state index contributed by atoms with van der Waals surface area (Å²) in [6.07, 6.45) is -0.610. The third-order valence-corrected chi connectivity index (χ3v) is 2.45. The van der Waals surface area contributed by atoms with Gasteiger partial charge in [-0.15, -0.1) is 10.2 Å². The lowest BCUT2D eigenvalue weighted by Crippen LogP contribution is -2.22. The van der Waals surface area contributed by atoms with Gasteiger partial charge < -0.3 is 19.5 Å². The van der Waals surface area contributed by atoms with E-state index in [0.29, 0.717) is 25.4 Å². The standard InChI is InChI=1S/C10H17N3O4/c1-7-11-12-9(4-6-17-2)13(7)5-3-8(14)10(15)16/h8,14H,3-6H2,1-2H3,(H,15,16). The first-order valence-corrected chi connectivity index (χ1v) is 5.34. The average molecular weight is 243 g/mol. The fourth-order valence-corrected chi connectivity index (χ4v) is 1.47. The summed E-state index contributed by atoms with van der Waals surface area (Å²) in [6, 6.07) is 0. The first kappa shape index (κ1) is 13.6. The van der Waals surface area contributed by atoms with Crippen LogP contribution in [0.25, 0.3) is 0 Å². The number of aliphatic hydroxyl groups is 1. The number of aliphatic carboxylic acids is 1. The molecule has 0 aliphatic heterocycles. The number of carboxylic acids is 1. The third kappa shape index (κ3) is 3.79. The van der Waals surface area contributed by atoms with E-state index in [4.69, 9.17) is 9.84 Å². The fraction of sp³-hybridized carbons (Fsp3) is 0.700. The first-order chi connectivity index (χ1) is 8.06. The molecule has 1 rings (SSSR count). The van der Waals surface area contributed by atoms with E-state index in [2.05, 4.69) is 10.2 Å². The molecule has 0 aliphatic carbocycles. The molecular weight excluding hydrogens is 226 g/mol. The molecule has 0 saturated heterocycles. The number of aromatic nitrogens is 3. The molecule has 1 aromatic heterocycles. The summed E-state index contributed by atoms with van der Waals surface area (Å²) in [4.78, 5) is 10.5. The molecule has 0 bridgehead atoms. The molecule has 0 saturated carbocycles. The van der Waals surface area contributed by atoms with E-state index < -0.39 is 12.1 Å². The van der Waals surface area contributed by atoms with Gasteiger partial charge in [-0.2, -0.15) is 0 Å². The minimum absolute atomic E-state index is 0.133. The van der Waals surface area contributed by atoms with Crippen molar-refractivity contribution in [2.24, 2.45) is 0 Å². The Kier molecular flexibility index (Phi) is 5.05. The lowest BCUT2D eigenvalue weighted by Gasteiger charge is -2.10. The van der Waals surface area contributed by atoms with Crippen molar-refractivity contribution >= 4 is 5.97 Å². The maximum atomic E-state index is 10.5. The SMILES string of the molecule is COCCc1nnc(C)n1CCC(O)C(=O)O. The van der Waals surface area contributed by atoms with Gasteiger partial charge in [-0.05, 0) is 6.92 Å². The number of carbonyl (C=O) groups is 1. The Morgan fingerprint density at radius 3 is 2.82 bits per heavy atom. The Bertz CT molecular complexity index is 378. The van der Waals surface area contributed by atoms with Crippen molar-refractivity contribution in [3.8, 4) is 0 Å². The Hall–Kier alpha value is -1.47. The molecule has 1 aromatic rings. The summed E-state index contributed by atoms with van der Waals surface area (Å²) in [5, 5.41) is 25.7. The number of aliphatic hydroxyl groups excluding tert-OH is 1. The van der Waals surface area contributed by atoms with Crippen LogP contribution in [0.3, 0.4) is 0 Å². The van der Waals surface area contributed by atoms with Gasteiger partial charge in [0.25, 0.3) is 0 Å². The summed E-state index contributed by atoms with van der Waals surface area (Å²) in [6.45, 7) is 2.70. The largest absolute Gasteiger partial charge is 0.479 e. The molecule has 1 unspecified atom stereocenters. The summed E-state index contributed by atoms with van der Waals surface area (Å²) in [5.41, 5.74) is 0. The van der Waals surface area contributed by atoms with E-state index in [1.165, 1.54) is 0 Å². The molecule has 2 N–H and O–H groups in total. The third-order valence-electron chi connectivity index (χ3n) is 2.45. The van der Waals surface area contributed by atoms with Crippen LogP contribution in [0.4, 0.5) is 0 Å². The normalized spacial score (nSPS) is 12.6. The van der Waals surface area contributed by atoms with Crippen molar-refractivity contribution in [3.05, 3.63) is 11.6 Å². The van der Waals surface area contributed by atoms with Crippen LogP contribution in [-0.4, -0.2) is 50.8 Å². The topological polar surface area (TPSA) is 97.5 Å². The number of carboxylic acid groups (broad SMARTS) is 1. The second-order valence-electron chi connectivity index (χ2n) is 3.70. The molecule has 1 heterocycles. The summed E-state index contributed by atoms with van der Waals surface area (Å²) >= 11 is 0. The van der Waals surface area contributed by atoms with E-state index in [1.54, 1.807) is 18.6 Å². The second kappa shape index (κ2) is 6.31. The quantitative estimate of drug-likeness (QED) is 0.677. The molecule has 7 nitrogen and oxygen atoms in total. The number of aryl methyl sites for hydroxylation is 1. The zero-order valence-corrected chi connectivity index (χ0v) is 9.96. The van der Waals surface area contributed by atoms with Crippen LogP contribution in [0.1, 0.15) is 18.1 Å². The number of methoxy groups -OCH3 is 1. The molecule has 0 radical (unpaired) electrons. The molecule has 0 aliphatic rings. The van der Waals surface area contributed by atoms with E-state index in [1.807, 2.05) is 0 Å². The smallest absolute Gasteiger partial charge is 0.332 e. The van der Waals surface area contributed by atoms with Crippen LogP contribution in [0.15, 0.2) is 0 Å². The minimum Gasteiger partial charge on any atom is -0.479 e. The average Bonchev–Trinajstić information content (AvgIpc) is 2.64. The van der Waals surface area contributed by atoms with Gasteiger partial charge in [0.1, 0.15) is 11.6 Å². The number of nitrogens with zero attached hydrogens (tertiary/aromatic N) is 3. The monoisotopic (exact) mass is 243 g/mol. The minimum atomic E-state index is -1.35. The van der Waals surface area contributed by atoms with E-state index >= 15 is 0 Å². The highest BCUT2D eigenvalue weighted by Crippen LogP contribution is 2.05. The van der Waals surface area contributed by atoms with Crippen molar-refractivity contribution in [2.45, 2.75) is 32.4 Å². The number of ether oxygens (including phenoxy) is 1. The summed E-state index contributed by atoms with van der Waals surface area (Å²) in [5.74, 6) is 0.227. The Morgan fingerprint density at radius 1 is 1.53 bits per heavy atom. The summed E-state index contributed by atoms with van der Waals surface area (Å²) in [7, 11) is 1.60. The van der Waals surface area contributed by atoms with Gasteiger partial charge in [-0.3, -0.25) is 0 Å². The van der Waals surface area contributed by atoms with Crippen LogP contribution in [-0.2, 0) is 22.5 Å². The molecule has 0 aromatic carbocycles. The van der Waals surface area contributed by atoms with Crippen LogP contribution in [0.2, 0.25) is 0 Å². The molecular formula is C10H17N3O4. The first-order valence-electron chi connectivity index (χ1n) is 5.34. The van der Waals surface area contributed by atoms with Gasteiger partial charge in [0.2, 0.25) is 0 Å². The highest BCUT2D eigenvalue weighted by Gasteiger charge is 2.15. The highest BCUT2D eigenvalue weighted by molar-refractivity contribution is 5.71. The predicted octanol–water partition coefficient (Wildman–Crippen LogP) is -0.389. The lowest BCUT2D eigenvalue weighted by molar-refractivity contribution is -0.147. The van der Waals surface area contributed by atoms with E-state index in [-0.39, 0.29) is 6.42 Å². The zero-order chi connectivity index (χ0) is 12.8. The van der Waals surface area contributed by atoms with Gasteiger partial charge in [0.15, 0.2) is 6.10 Å². The molecule has 0 spiro atoms. The van der Waals surface area contributed by atoms with Crippen molar-refractivity contribution in [1.82, 2.24) is 14.8 Å². The second-order valence-corrected chi connectivity index (χ2v) is 3.70. The molecule has 0 amide bonds. The van der Waals surface area contributed by atoms with Crippen LogP contribution in [0, 0.1) is 6.92 Å². The van der Waals surface area contributed by atoms with Crippen molar-refractivity contribution in [3.63, 3.8) is 0 Å². The zero-order valence-electron chi connectivity index (χ0n) is 9.96. The fourth-order valence-electron chi connectivity index (χ4n) is 1.47. The van der Waals surface area contributed by atoms with Crippen LogP contribution in [0.5, 0.6) is 0 Å². The molecule has 0 fully saturated rings. The molecule has 7 heteroatoms.